The first-order valence-electron chi connectivity index (χ1n) is 13.0. The summed E-state index contributed by atoms with van der Waals surface area (Å²) >= 11 is 5.82. The third-order valence-electron chi connectivity index (χ3n) is 7.36. The van der Waals surface area contributed by atoms with Crippen LogP contribution in [-0.2, 0) is 4.79 Å². The molecule has 0 spiro atoms. The van der Waals surface area contributed by atoms with E-state index in [-0.39, 0.29) is 30.2 Å². The highest BCUT2D eigenvalue weighted by Crippen LogP contribution is 2.42. The van der Waals surface area contributed by atoms with Crippen LogP contribution in [0.3, 0.4) is 0 Å². The number of pyridine rings is 1. The Morgan fingerprint density at radius 1 is 1.03 bits per heavy atom. The fraction of sp³-hybridized carbons (Fsp3) is 0.258. The van der Waals surface area contributed by atoms with Crippen LogP contribution in [0.15, 0.2) is 72.9 Å². The minimum absolute atomic E-state index is 0.157. The first kappa shape index (κ1) is 26.6. The third-order valence-corrected chi connectivity index (χ3v) is 7.71. The molecule has 8 heteroatoms. The van der Waals surface area contributed by atoms with E-state index in [2.05, 4.69) is 77.0 Å². The van der Waals surface area contributed by atoms with Crippen LogP contribution in [0, 0.1) is 33.5 Å². The topological polar surface area (TPSA) is 62.2 Å². The summed E-state index contributed by atoms with van der Waals surface area (Å²) in [6, 6.07) is 19.9. The van der Waals surface area contributed by atoms with Gasteiger partial charge in [0.05, 0.1) is 23.5 Å². The largest absolute Gasteiger partial charge is 0.352 e. The summed E-state index contributed by atoms with van der Waals surface area (Å²) in [6.07, 6.45) is 2.01. The fourth-order valence-corrected chi connectivity index (χ4v) is 5.88. The van der Waals surface area contributed by atoms with Gasteiger partial charge in [0, 0.05) is 36.2 Å². The van der Waals surface area contributed by atoms with Gasteiger partial charge in [-0.2, -0.15) is 0 Å². The van der Waals surface area contributed by atoms with Crippen LogP contribution in [0.2, 0.25) is 0 Å². The van der Waals surface area contributed by atoms with Gasteiger partial charge >= 0.3 is 0 Å². The average molecular weight is 542 g/mol. The predicted octanol–water partition coefficient (Wildman–Crippen LogP) is 6.25. The van der Waals surface area contributed by atoms with E-state index in [0.717, 1.165) is 22.6 Å². The minimum atomic E-state index is -0.344. The van der Waals surface area contributed by atoms with Gasteiger partial charge in [0.25, 0.3) is 0 Å². The number of para-hydroxylation sites is 1. The lowest BCUT2D eigenvalue weighted by Crippen LogP contribution is -2.32. The van der Waals surface area contributed by atoms with Crippen molar-refractivity contribution in [3.05, 3.63) is 113 Å². The number of aromatic nitrogens is 2. The second-order valence-electron chi connectivity index (χ2n) is 10.0. The van der Waals surface area contributed by atoms with Crippen LogP contribution < -0.4 is 10.6 Å². The highest BCUT2D eigenvalue weighted by molar-refractivity contribution is 7.80. The zero-order valence-electron chi connectivity index (χ0n) is 22.5. The molecular weight excluding hydrogens is 509 g/mol. The zero-order valence-corrected chi connectivity index (χ0v) is 23.3. The summed E-state index contributed by atoms with van der Waals surface area (Å²) in [5, 5.41) is 6.92. The van der Waals surface area contributed by atoms with Crippen molar-refractivity contribution in [2.24, 2.45) is 0 Å². The molecular formula is C31H32FN5OS. The van der Waals surface area contributed by atoms with Crippen molar-refractivity contribution in [3.8, 4) is 5.69 Å². The van der Waals surface area contributed by atoms with Gasteiger partial charge in [-0.05, 0) is 99.1 Å². The molecule has 2 N–H and O–H groups in total. The predicted molar refractivity (Wildman–Crippen MR) is 157 cm³/mol. The Bertz CT molecular complexity index is 1500. The van der Waals surface area contributed by atoms with E-state index in [1.54, 1.807) is 18.3 Å². The molecule has 1 aliphatic rings. The van der Waals surface area contributed by atoms with Gasteiger partial charge in [0.1, 0.15) is 5.82 Å². The van der Waals surface area contributed by atoms with E-state index in [0.29, 0.717) is 17.3 Å². The maximum atomic E-state index is 13.3. The van der Waals surface area contributed by atoms with Gasteiger partial charge < -0.3 is 20.1 Å². The van der Waals surface area contributed by atoms with E-state index in [1.165, 1.54) is 28.9 Å². The molecule has 2 atom stereocenters. The molecule has 6 nitrogen and oxygen atoms in total. The van der Waals surface area contributed by atoms with E-state index in [4.69, 9.17) is 12.2 Å². The molecule has 0 radical (unpaired) electrons. The van der Waals surface area contributed by atoms with Crippen molar-refractivity contribution in [1.82, 2.24) is 19.8 Å². The minimum Gasteiger partial charge on any atom is -0.352 e. The quantitative estimate of drug-likeness (QED) is 0.271. The summed E-state index contributed by atoms with van der Waals surface area (Å²) in [7, 11) is 0. The summed E-state index contributed by atoms with van der Waals surface area (Å²) in [4.78, 5) is 19.6. The number of hydrogen-bond donors (Lipinski definition) is 2. The Kier molecular flexibility index (Phi) is 7.48. The molecule has 1 amide bonds. The normalized spacial score (nSPS) is 16.8. The van der Waals surface area contributed by atoms with Crippen LogP contribution in [0.4, 0.5) is 10.1 Å². The lowest BCUT2D eigenvalue weighted by molar-refractivity contribution is -0.116. The molecule has 4 aromatic rings. The van der Waals surface area contributed by atoms with Gasteiger partial charge in [-0.15, -0.1) is 0 Å². The number of carbonyl (C=O) groups excluding carboxylic acids is 1. The lowest BCUT2D eigenvalue weighted by atomic mass is 9.96. The van der Waals surface area contributed by atoms with Gasteiger partial charge in [-0.25, -0.2) is 4.39 Å². The second kappa shape index (κ2) is 11.0. The molecule has 0 aliphatic carbocycles. The summed E-state index contributed by atoms with van der Waals surface area (Å²) in [5.74, 6) is -0.506. The molecule has 2 aromatic carbocycles. The summed E-state index contributed by atoms with van der Waals surface area (Å²) in [5.41, 5.74) is 8.44. The Hall–Kier alpha value is -4.04. The van der Waals surface area contributed by atoms with Gasteiger partial charge in [-0.1, -0.05) is 24.3 Å². The number of halogens is 1. The Morgan fingerprint density at radius 3 is 2.41 bits per heavy atom. The number of nitrogens with one attached hydrogen (secondary N) is 2. The number of hydrogen-bond acceptors (Lipinski definition) is 3. The second-order valence-corrected chi connectivity index (χ2v) is 10.4. The number of amides is 1. The van der Waals surface area contributed by atoms with E-state index >= 15 is 0 Å². The number of benzene rings is 2. The standard InChI is InChI=1S/C31H32FN5OS/c1-19-8-7-9-20(2)29(19)37-21(3)18-25(22(37)4)30-28(26-10-5-6-16-33-26)35-31(39)36(30)17-15-27(38)34-24-13-11-23(32)12-14-24/h5-14,16,18,28,30H,15,17H2,1-4H3,(H,34,38)(H,35,39). The molecule has 1 fully saturated rings. The maximum absolute atomic E-state index is 13.3. The van der Waals surface area contributed by atoms with Crippen LogP contribution >= 0.6 is 12.2 Å². The van der Waals surface area contributed by atoms with E-state index in [9.17, 15) is 9.18 Å². The fourth-order valence-electron chi connectivity index (χ4n) is 5.55. The van der Waals surface area contributed by atoms with Crippen molar-refractivity contribution < 1.29 is 9.18 Å². The van der Waals surface area contributed by atoms with Crippen LogP contribution in [0.5, 0.6) is 0 Å². The van der Waals surface area contributed by atoms with Crippen LogP contribution in [-0.4, -0.2) is 32.0 Å². The Labute approximate surface area is 233 Å². The number of carbonyl (C=O) groups is 1. The van der Waals surface area contributed by atoms with Crippen molar-refractivity contribution in [2.45, 2.75) is 46.2 Å². The number of thiocarbonyl (C=S) groups is 1. The van der Waals surface area contributed by atoms with Crippen molar-refractivity contribution in [3.63, 3.8) is 0 Å². The van der Waals surface area contributed by atoms with Crippen molar-refractivity contribution in [2.75, 3.05) is 11.9 Å². The first-order chi connectivity index (χ1) is 18.7. The molecule has 39 heavy (non-hydrogen) atoms. The smallest absolute Gasteiger partial charge is 0.226 e. The highest BCUT2D eigenvalue weighted by atomic mass is 32.1. The van der Waals surface area contributed by atoms with Crippen molar-refractivity contribution >= 4 is 28.9 Å². The lowest BCUT2D eigenvalue weighted by Gasteiger charge is -2.28. The summed E-state index contributed by atoms with van der Waals surface area (Å²) < 4.78 is 15.6. The Balaban J connectivity index is 1.49. The first-order valence-corrected chi connectivity index (χ1v) is 13.4. The van der Waals surface area contributed by atoms with E-state index < -0.39 is 0 Å². The Morgan fingerprint density at radius 2 is 1.74 bits per heavy atom. The van der Waals surface area contributed by atoms with Crippen LogP contribution in [0.25, 0.3) is 5.69 Å². The van der Waals surface area contributed by atoms with Crippen molar-refractivity contribution in [1.29, 1.82) is 0 Å². The molecule has 2 unspecified atom stereocenters. The molecule has 3 heterocycles. The molecule has 0 bridgehead atoms. The molecule has 5 rings (SSSR count). The van der Waals surface area contributed by atoms with Gasteiger partial charge in [-0.3, -0.25) is 9.78 Å². The summed E-state index contributed by atoms with van der Waals surface area (Å²) in [6.45, 7) is 8.95. The van der Waals surface area contributed by atoms with Gasteiger partial charge in [0.15, 0.2) is 5.11 Å². The van der Waals surface area contributed by atoms with E-state index in [1.807, 2.05) is 18.2 Å². The zero-order chi connectivity index (χ0) is 27.7. The number of aryl methyl sites for hydroxylation is 3. The molecule has 200 valence electrons. The molecule has 2 aromatic heterocycles. The number of anilines is 1. The third kappa shape index (κ3) is 5.29. The SMILES string of the molecule is Cc1cccc(C)c1-n1c(C)cc(C2C(c3ccccn3)NC(=S)N2CCC(=O)Nc2ccc(F)cc2)c1C. The number of rotatable bonds is 7. The maximum Gasteiger partial charge on any atom is 0.226 e. The van der Waals surface area contributed by atoms with Gasteiger partial charge in [0.2, 0.25) is 5.91 Å². The molecule has 0 saturated carbocycles. The molecule has 1 saturated heterocycles. The monoisotopic (exact) mass is 541 g/mol. The highest BCUT2D eigenvalue weighted by Gasteiger charge is 2.41. The number of nitrogens with zero attached hydrogens (tertiary/aromatic N) is 3. The average Bonchev–Trinajstić information content (AvgIpc) is 3.39. The van der Waals surface area contributed by atoms with Crippen LogP contribution in [0.1, 0.15) is 52.3 Å². The molecule has 1 aliphatic heterocycles.